The maximum absolute atomic E-state index is 12.8. The van der Waals surface area contributed by atoms with E-state index in [9.17, 15) is 4.79 Å². The number of benzene rings is 1. The van der Waals surface area contributed by atoms with Gasteiger partial charge in [-0.3, -0.25) is 4.79 Å². The number of rotatable bonds is 2. The quantitative estimate of drug-likeness (QED) is 0.773. The summed E-state index contributed by atoms with van der Waals surface area (Å²) in [4.78, 5) is 14.7. The van der Waals surface area contributed by atoms with E-state index in [0.717, 1.165) is 22.0 Å². The van der Waals surface area contributed by atoms with Crippen LogP contribution in [0.25, 0.3) is 0 Å². The molecule has 0 aromatic heterocycles. The van der Waals surface area contributed by atoms with Crippen molar-refractivity contribution in [3.8, 4) is 0 Å². The van der Waals surface area contributed by atoms with E-state index in [2.05, 4.69) is 15.9 Å². The molecule has 1 saturated heterocycles. The fourth-order valence-corrected chi connectivity index (χ4v) is 3.02. The molecule has 0 spiro atoms. The number of morpholine rings is 1. The van der Waals surface area contributed by atoms with Gasteiger partial charge >= 0.3 is 0 Å². The molecule has 1 fully saturated rings. The van der Waals surface area contributed by atoms with Gasteiger partial charge in [0, 0.05) is 24.0 Å². The lowest BCUT2D eigenvalue weighted by Crippen LogP contribution is -2.55. The molecule has 1 unspecified atom stereocenters. The molecule has 0 N–H and O–H groups in total. The normalized spacial score (nSPS) is 21.9. The zero-order valence-electron chi connectivity index (χ0n) is 12.6. The smallest absolute Gasteiger partial charge is 0.254 e. The van der Waals surface area contributed by atoms with E-state index in [1.807, 2.05) is 50.8 Å². The number of hydrogen-bond acceptors (Lipinski definition) is 2. The summed E-state index contributed by atoms with van der Waals surface area (Å²) in [6, 6.07) is 5.90. The van der Waals surface area contributed by atoms with Gasteiger partial charge in [0.1, 0.15) is 0 Å². The zero-order valence-corrected chi connectivity index (χ0v) is 14.2. The lowest BCUT2D eigenvalue weighted by Gasteiger charge is -2.42. The molecule has 1 aromatic carbocycles. The molecule has 0 bridgehead atoms. The number of ether oxygens (including phenoxy) is 1. The minimum atomic E-state index is -0.302. The molecule has 4 heteroatoms. The molecule has 1 aliphatic heterocycles. The Kier molecular flexibility index (Phi) is 4.55. The summed E-state index contributed by atoms with van der Waals surface area (Å²) >= 11 is 3.46. The summed E-state index contributed by atoms with van der Waals surface area (Å²) < 4.78 is 5.95. The Morgan fingerprint density at radius 2 is 2.15 bits per heavy atom. The molecular formula is C16H22BrNO2. The summed E-state index contributed by atoms with van der Waals surface area (Å²) in [5, 5.41) is 0.743. The molecule has 2 rings (SSSR count). The van der Waals surface area contributed by atoms with Crippen molar-refractivity contribution in [3.05, 3.63) is 34.9 Å². The number of carbonyl (C=O) groups excluding carboxylic acids is 1. The third-order valence-electron chi connectivity index (χ3n) is 3.78. The lowest BCUT2D eigenvalue weighted by atomic mass is 10.00. The Labute approximate surface area is 129 Å². The lowest BCUT2D eigenvalue weighted by molar-refractivity contribution is -0.116. The highest BCUT2D eigenvalue weighted by atomic mass is 79.9. The van der Waals surface area contributed by atoms with Crippen molar-refractivity contribution in [1.29, 1.82) is 0 Å². The number of amides is 1. The summed E-state index contributed by atoms with van der Waals surface area (Å²) in [7, 11) is 0. The van der Waals surface area contributed by atoms with Crippen LogP contribution in [-0.4, -0.2) is 40.9 Å². The Morgan fingerprint density at radius 3 is 2.80 bits per heavy atom. The molecule has 20 heavy (non-hydrogen) atoms. The van der Waals surface area contributed by atoms with Crippen LogP contribution in [0.2, 0.25) is 0 Å². The highest BCUT2D eigenvalue weighted by Gasteiger charge is 2.35. The fourth-order valence-electron chi connectivity index (χ4n) is 2.68. The number of carbonyl (C=O) groups is 1. The molecule has 0 saturated carbocycles. The molecule has 110 valence electrons. The minimum absolute atomic E-state index is 0.0489. The number of alkyl halides is 1. The van der Waals surface area contributed by atoms with E-state index in [4.69, 9.17) is 4.74 Å². The second-order valence-electron chi connectivity index (χ2n) is 6.09. The average molecular weight is 340 g/mol. The van der Waals surface area contributed by atoms with E-state index in [1.165, 1.54) is 0 Å². The van der Waals surface area contributed by atoms with Crippen LogP contribution in [0.15, 0.2) is 18.2 Å². The largest absolute Gasteiger partial charge is 0.368 e. The molecule has 3 nitrogen and oxygen atoms in total. The predicted octanol–water partition coefficient (Wildman–Crippen LogP) is 3.32. The molecule has 0 aliphatic carbocycles. The average Bonchev–Trinajstić information content (AvgIpc) is 2.39. The summed E-state index contributed by atoms with van der Waals surface area (Å²) in [5.74, 6) is 0.105. The van der Waals surface area contributed by atoms with Gasteiger partial charge in [0.2, 0.25) is 0 Å². The first-order valence-electron chi connectivity index (χ1n) is 6.93. The fraction of sp³-hybridized carbons (Fsp3) is 0.562. The van der Waals surface area contributed by atoms with Crippen LogP contribution in [0.1, 0.15) is 35.3 Å². The predicted molar refractivity (Wildman–Crippen MR) is 84.6 cm³/mol. The molecule has 1 aromatic rings. The van der Waals surface area contributed by atoms with Gasteiger partial charge < -0.3 is 9.64 Å². The van der Waals surface area contributed by atoms with Crippen molar-refractivity contribution >= 4 is 21.8 Å². The minimum Gasteiger partial charge on any atom is -0.368 e. The highest BCUT2D eigenvalue weighted by Crippen LogP contribution is 2.24. The maximum Gasteiger partial charge on any atom is 0.254 e. The van der Waals surface area contributed by atoms with Gasteiger partial charge in [0.15, 0.2) is 0 Å². The van der Waals surface area contributed by atoms with Crippen molar-refractivity contribution in [2.75, 3.05) is 18.4 Å². The van der Waals surface area contributed by atoms with E-state index in [-0.39, 0.29) is 17.6 Å². The zero-order chi connectivity index (χ0) is 14.9. The van der Waals surface area contributed by atoms with Crippen molar-refractivity contribution in [2.45, 2.75) is 39.4 Å². The Morgan fingerprint density at radius 1 is 1.45 bits per heavy atom. The standard InChI is InChI=1S/C16H22BrNO2/c1-11-6-5-7-14(12(11)2)15(19)18-9-13(8-17)20-16(3,4)10-18/h5-7,13H,8-10H2,1-4H3. The van der Waals surface area contributed by atoms with Gasteiger partial charge in [-0.25, -0.2) is 0 Å². The van der Waals surface area contributed by atoms with Gasteiger partial charge in [-0.05, 0) is 44.9 Å². The van der Waals surface area contributed by atoms with Crippen molar-refractivity contribution < 1.29 is 9.53 Å². The van der Waals surface area contributed by atoms with Crippen molar-refractivity contribution in [1.82, 2.24) is 4.90 Å². The van der Waals surface area contributed by atoms with E-state index >= 15 is 0 Å². The van der Waals surface area contributed by atoms with Crippen LogP contribution in [-0.2, 0) is 4.74 Å². The molecule has 1 atom stereocenters. The molecular weight excluding hydrogens is 318 g/mol. The molecule has 1 heterocycles. The van der Waals surface area contributed by atoms with Gasteiger partial charge in [-0.1, -0.05) is 28.1 Å². The Bertz CT molecular complexity index is 513. The maximum atomic E-state index is 12.8. The number of aryl methyl sites for hydroxylation is 1. The van der Waals surface area contributed by atoms with Crippen LogP contribution in [0.3, 0.4) is 0 Å². The van der Waals surface area contributed by atoms with Gasteiger partial charge in [-0.2, -0.15) is 0 Å². The van der Waals surface area contributed by atoms with Crippen molar-refractivity contribution in [3.63, 3.8) is 0 Å². The van der Waals surface area contributed by atoms with E-state index in [0.29, 0.717) is 13.1 Å². The highest BCUT2D eigenvalue weighted by molar-refractivity contribution is 9.09. The van der Waals surface area contributed by atoms with Gasteiger partial charge in [-0.15, -0.1) is 0 Å². The summed E-state index contributed by atoms with van der Waals surface area (Å²) in [5.41, 5.74) is 2.72. The third-order valence-corrected chi connectivity index (χ3v) is 4.50. The van der Waals surface area contributed by atoms with Crippen LogP contribution in [0.5, 0.6) is 0 Å². The van der Waals surface area contributed by atoms with Crippen LogP contribution in [0.4, 0.5) is 0 Å². The van der Waals surface area contributed by atoms with Crippen LogP contribution < -0.4 is 0 Å². The third kappa shape index (κ3) is 3.23. The number of nitrogens with zero attached hydrogens (tertiary/aromatic N) is 1. The summed E-state index contributed by atoms with van der Waals surface area (Å²) in [6.45, 7) is 9.38. The van der Waals surface area contributed by atoms with Crippen LogP contribution >= 0.6 is 15.9 Å². The van der Waals surface area contributed by atoms with Crippen LogP contribution in [0, 0.1) is 13.8 Å². The van der Waals surface area contributed by atoms with Gasteiger partial charge in [0.25, 0.3) is 5.91 Å². The topological polar surface area (TPSA) is 29.5 Å². The molecule has 1 amide bonds. The van der Waals surface area contributed by atoms with E-state index < -0.39 is 0 Å². The molecule has 1 aliphatic rings. The summed E-state index contributed by atoms with van der Waals surface area (Å²) in [6.07, 6.45) is 0.0489. The second-order valence-corrected chi connectivity index (χ2v) is 6.73. The first-order chi connectivity index (χ1) is 9.34. The Balaban J connectivity index is 2.26. The first-order valence-corrected chi connectivity index (χ1v) is 8.05. The number of hydrogen-bond donors (Lipinski definition) is 0. The molecule has 0 radical (unpaired) electrons. The van der Waals surface area contributed by atoms with Crippen molar-refractivity contribution in [2.24, 2.45) is 0 Å². The second kappa shape index (κ2) is 5.86. The Hall–Kier alpha value is -0.870. The van der Waals surface area contributed by atoms with E-state index in [1.54, 1.807) is 0 Å². The SMILES string of the molecule is Cc1cccc(C(=O)N2CC(CBr)OC(C)(C)C2)c1C. The first kappa shape index (κ1) is 15.5. The monoisotopic (exact) mass is 339 g/mol. The van der Waals surface area contributed by atoms with Gasteiger partial charge in [0.05, 0.1) is 11.7 Å². The number of halogens is 1.